The molecule has 2 aromatic rings. The first-order valence-electron chi connectivity index (χ1n) is 6.12. The van der Waals surface area contributed by atoms with Gasteiger partial charge in [0.2, 0.25) is 0 Å². The van der Waals surface area contributed by atoms with E-state index in [1.807, 2.05) is 11.6 Å². The van der Waals surface area contributed by atoms with Gasteiger partial charge < -0.3 is 10.3 Å². The second kappa shape index (κ2) is 5.14. The molecule has 96 valence electrons. The summed E-state index contributed by atoms with van der Waals surface area (Å²) in [5.41, 5.74) is 9.28. The van der Waals surface area contributed by atoms with Crippen LogP contribution in [-0.4, -0.2) is 9.55 Å². The third kappa shape index (κ3) is 2.29. The van der Waals surface area contributed by atoms with Crippen LogP contribution in [0.4, 0.5) is 5.82 Å². The van der Waals surface area contributed by atoms with Gasteiger partial charge in [-0.15, -0.1) is 0 Å². The van der Waals surface area contributed by atoms with Crippen molar-refractivity contribution >= 4 is 21.7 Å². The second-order valence-electron chi connectivity index (χ2n) is 4.53. The van der Waals surface area contributed by atoms with Gasteiger partial charge in [0, 0.05) is 23.5 Å². The van der Waals surface area contributed by atoms with Crippen LogP contribution in [0.5, 0.6) is 0 Å². The summed E-state index contributed by atoms with van der Waals surface area (Å²) in [6, 6.07) is 6.21. The molecule has 0 aliphatic rings. The Kier molecular flexibility index (Phi) is 3.76. The summed E-state index contributed by atoms with van der Waals surface area (Å²) in [5, 5.41) is 0. The summed E-state index contributed by atoms with van der Waals surface area (Å²) in [6.07, 6.45) is 2.02. The van der Waals surface area contributed by atoms with E-state index < -0.39 is 0 Å². The van der Waals surface area contributed by atoms with Gasteiger partial charge >= 0.3 is 0 Å². The summed E-state index contributed by atoms with van der Waals surface area (Å²) in [5.74, 6) is 1.77. The van der Waals surface area contributed by atoms with Gasteiger partial charge in [0.05, 0.1) is 0 Å². The fraction of sp³-hybridized carbons (Fsp3) is 0.357. The standard InChI is InChI=1S/C14H18BrN3/c1-4-5-12-17-13(14(16)18(12)3)10-7-6-9(2)11(15)8-10/h6-8H,4-5,16H2,1-3H3. The Morgan fingerprint density at radius 1 is 1.39 bits per heavy atom. The van der Waals surface area contributed by atoms with E-state index in [1.165, 1.54) is 5.56 Å². The van der Waals surface area contributed by atoms with Crippen LogP contribution in [0.1, 0.15) is 24.7 Å². The van der Waals surface area contributed by atoms with Gasteiger partial charge in [0.25, 0.3) is 0 Å². The van der Waals surface area contributed by atoms with Crippen molar-refractivity contribution in [2.45, 2.75) is 26.7 Å². The normalized spacial score (nSPS) is 10.9. The lowest BCUT2D eigenvalue weighted by atomic mass is 10.1. The number of nitrogen functional groups attached to an aromatic ring is 1. The number of hydrogen-bond acceptors (Lipinski definition) is 2. The predicted molar refractivity (Wildman–Crippen MR) is 79.5 cm³/mol. The first-order chi connectivity index (χ1) is 8.54. The van der Waals surface area contributed by atoms with E-state index in [0.717, 1.165) is 40.2 Å². The summed E-state index contributed by atoms with van der Waals surface area (Å²) >= 11 is 3.55. The van der Waals surface area contributed by atoms with Crippen molar-refractivity contribution in [3.63, 3.8) is 0 Å². The highest BCUT2D eigenvalue weighted by molar-refractivity contribution is 9.10. The van der Waals surface area contributed by atoms with Crippen molar-refractivity contribution in [2.24, 2.45) is 7.05 Å². The molecule has 3 nitrogen and oxygen atoms in total. The maximum Gasteiger partial charge on any atom is 0.131 e. The largest absolute Gasteiger partial charge is 0.383 e. The molecule has 0 fully saturated rings. The van der Waals surface area contributed by atoms with Crippen LogP contribution < -0.4 is 5.73 Å². The summed E-state index contributed by atoms with van der Waals surface area (Å²) < 4.78 is 3.06. The molecule has 0 atom stereocenters. The Morgan fingerprint density at radius 2 is 2.11 bits per heavy atom. The molecular weight excluding hydrogens is 290 g/mol. The van der Waals surface area contributed by atoms with Gasteiger partial charge in [-0.2, -0.15) is 0 Å². The smallest absolute Gasteiger partial charge is 0.131 e. The van der Waals surface area contributed by atoms with E-state index in [1.54, 1.807) is 0 Å². The van der Waals surface area contributed by atoms with Gasteiger partial charge in [0.15, 0.2) is 0 Å². The van der Waals surface area contributed by atoms with Gasteiger partial charge in [0.1, 0.15) is 17.3 Å². The third-order valence-electron chi connectivity index (χ3n) is 3.15. The Balaban J connectivity index is 2.50. The maximum absolute atomic E-state index is 6.14. The van der Waals surface area contributed by atoms with Crippen LogP contribution in [0, 0.1) is 6.92 Å². The van der Waals surface area contributed by atoms with Crippen LogP contribution in [-0.2, 0) is 13.5 Å². The first kappa shape index (κ1) is 13.1. The molecule has 1 aromatic carbocycles. The molecule has 2 N–H and O–H groups in total. The second-order valence-corrected chi connectivity index (χ2v) is 5.39. The van der Waals surface area contributed by atoms with Crippen LogP contribution in [0.15, 0.2) is 22.7 Å². The number of benzene rings is 1. The quantitative estimate of drug-likeness (QED) is 0.939. The molecule has 0 saturated heterocycles. The Labute approximate surface area is 116 Å². The Morgan fingerprint density at radius 3 is 2.72 bits per heavy atom. The molecule has 4 heteroatoms. The van der Waals surface area contributed by atoms with E-state index in [2.05, 4.69) is 53.0 Å². The van der Waals surface area contributed by atoms with Gasteiger partial charge in [-0.05, 0) is 25.0 Å². The number of halogens is 1. The van der Waals surface area contributed by atoms with E-state index in [9.17, 15) is 0 Å². The topological polar surface area (TPSA) is 43.8 Å². The minimum atomic E-state index is 0.731. The number of aromatic nitrogens is 2. The van der Waals surface area contributed by atoms with Crippen LogP contribution >= 0.6 is 15.9 Å². The minimum absolute atomic E-state index is 0.731. The molecule has 0 saturated carbocycles. The molecule has 0 amide bonds. The summed E-state index contributed by atoms with van der Waals surface area (Å²) in [6.45, 7) is 4.21. The van der Waals surface area contributed by atoms with E-state index in [4.69, 9.17) is 5.73 Å². The SMILES string of the molecule is CCCc1nc(-c2ccc(C)c(Br)c2)c(N)n1C. The van der Waals surface area contributed by atoms with Crippen molar-refractivity contribution in [1.82, 2.24) is 9.55 Å². The van der Waals surface area contributed by atoms with Crippen molar-refractivity contribution in [1.29, 1.82) is 0 Å². The third-order valence-corrected chi connectivity index (χ3v) is 4.01. The highest BCUT2D eigenvalue weighted by Crippen LogP contribution is 2.29. The summed E-state index contributed by atoms with van der Waals surface area (Å²) in [7, 11) is 1.97. The fourth-order valence-corrected chi connectivity index (χ4v) is 2.34. The van der Waals surface area contributed by atoms with Crippen LogP contribution in [0.2, 0.25) is 0 Å². The molecule has 0 bridgehead atoms. The lowest BCUT2D eigenvalue weighted by molar-refractivity contribution is 0.764. The molecule has 0 spiro atoms. The molecule has 2 rings (SSSR count). The zero-order valence-corrected chi connectivity index (χ0v) is 12.6. The Hall–Kier alpha value is -1.29. The molecule has 0 aliphatic carbocycles. The molecule has 1 aromatic heterocycles. The van der Waals surface area contributed by atoms with E-state index in [-0.39, 0.29) is 0 Å². The number of nitrogens with two attached hydrogens (primary N) is 1. The monoisotopic (exact) mass is 307 g/mol. The average Bonchev–Trinajstić information content (AvgIpc) is 2.62. The summed E-state index contributed by atoms with van der Waals surface area (Å²) in [4.78, 5) is 4.66. The molecule has 18 heavy (non-hydrogen) atoms. The number of anilines is 1. The lowest BCUT2D eigenvalue weighted by Crippen LogP contribution is -2.01. The number of aryl methyl sites for hydroxylation is 2. The van der Waals surface area contributed by atoms with Crippen LogP contribution in [0.3, 0.4) is 0 Å². The minimum Gasteiger partial charge on any atom is -0.383 e. The first-order valence-corrected chi connectivity index (χ1v) is 6.91. The molecule has 0 unspecified atom stereocenters. The number of imidazole rings is 1. The lowest BCUT2D eigenvalue weighted by Gasteiger charge is -2.03. The van der Waals surface area contributed by atoms with Gasteiger partial charge in [-0.3, -0.25) is 0 Å². The number of nitrogens with zero attached hydrogens (tertiary/aromatic N) is 2. The number of hydrogen-bond donors (Lipinski definition) is 1. The molecular formula is C14H18BrN3. The highest BCUT2D eigenvalue weighted by atomic mass is 79.9. The van der Waals surface area contributed by atoms with Crippen molar-refractivity contribution in [3.05, 3.63) is 34.1 Å². The zero-order valence-electron chi connectivity index (χ0n) is 11.0. The zero-order chi connectivity index (χ0) is 13.3. The Bertz CT molecular complexity index is 573. The van der Waals surface area contributed by atoms with Crippen molar-refractivity contribution in [2.75, 3.05) is 5.73 Å². The van der Waals surface area contributed by atoms with E-state index in [0.29, 0.717) is 0 Å². The molecule has 0 radical (unpaired) electrons. The van der Waals surface area contributed by atoms with E-state index >= 15 is 0 Å². The maximum atomic E-state index is 6.14. The van der Waals surface area contributed by atoms with Crippen molar-refractivity contribution in [3.8, 4) is 11.3 Å². The molecule has 1 heterocycles. The van der Waals surface area contributed by atoms with Gasteiger partial charge in [-0.25, -0.2) is 4.98 Å². The number of rotatable bonds is 3. The molecule has 0 aliphatic heterocycles. The fourth-order valence-electron chi connectivity index (χ4n) is 1.96. The van der Waals surface area contributed by atoms with Crippen LogP contribution in [0.25, 0.3) is 11.3 Å². The van der Waals surface area contributed by atoms with Crippen molar-refractivity contribution < 1.29 is 0 Å². The highest BCUT2D eigenvalue weighted by Gasteiger charge is 2.13. The average molecular weight is 308 g/mol. The predicted octanol–water partition coefficient (Wildman–Crippen LogP) is 3.69. The van der Waals surface area contributed by atoms with Gasteiger partial charge in [-0.1, -0.05) is 35.0 Å².